The number of hydrogen-bond acceptors (Lipinski definition) is 3. The van der Waals surface area contributed by atoms with Crippen LogP contribution in [0.3, 0.4) is 0 Å². The Morgan fingerprint density at radius 3 is 2.54 bits per heavy atom. The molecule has 1 aliphatic heterocycles. The molecule has 0 spiro atoms. The topological polar surface area (TPSA) is 58.6 Å². The summed E-state index contributed by atoms with van der Waals surface area (Å²) in [6.45, 7) is 8.61. The summed E-state index contributed by atoms with van der Waals surface area (Å²) in [7, 11) is 0. The van der Waals surface area contributed by atoms with E-state index in [2.05, 4.69) is 21.2 Å². The van der Waals surface area contributed by atoms with Crippen LogP contribution in [0, 0.1) is 6.92 Å². The summed E-state index contributed by atoms with van der Waals surface area (Å²) in [5.41, 5.74) is 4.00. The second kappa shape index (κ2) is 7.95. The quantitative estimate of drug-likeness (QED) is 0.682. The second-order valence-electron chi connectivity index (χ2n) is 8.05. The zero-order valence-electron chi connectivity index (χ0n) is 16.6. The first-order valence-corrected chi connectivity index (χ1v) is 10.1. The minimum Gasteiger partial charge on any atom is -0.444 e. The van der Waals surface area contributed by atoms with Gasteiger partial charge in [-0.3, -0.25) is 4.79 Å². The fraction of sp³-hybridized carbons (Fsp3) is 0.364. The molecule has 3 rings (SSSR count). The lowest BCUT2D eigenvalue weighted by atomic mass is 9.97. The summed E-state index contributed by atoms with van der Waals surface area (Å²) < 4.78 is 6.48. The van der Waals surface area contributed by atoms with Gasteiger partial charge in [0.05, 0.1) is 0 Å². The average Bonchev–Trinajstić information content (AvgIpc) is 2.62. The molecule has 0 saturated carbocycles. The van der Waals surface area contributed by atoms with Crippen LogP contribution in [-0.2, 0) is 17.7 Å². The van der Waals surface area contributed by atoms with E-state index in [9.17, 15) is 9.59 Å². The van der Waals surface area contributed by atoms with Crippen LogP contribution < -0.4 is 5.32 Å². The number of halogens is 1. The van der Waals surface area contributed by atoms with Crippen molar-refractivity contribution in [3.63, 3.8) is 0 Å². The van der Waals surface area contributed by atoms with Crippen molar-refractivity contribution < 1.29 is 14.3 Å². The van der Waals surface area contributed by atoms with Crippen LogP contribution in [0.5, 0.6) is 0 Å². The summed E-state index contributed by atoms with van der Waals surface area (Å²) in [5, 5.41) is 2.93. The molecule has 0 radical (unpaired) electrons. The van der Waals surface area contributed by atoms with E-state index in [4.69, 9.17) is 4.74 Å². The number of ether oxygens (including phenoxy) is 1. The van der Waals surface area contributed by atoms with Gasteiger partial charge in [-0.1, -0.05) is 22.0 Å². The molecule has 2 aromatic carbocycles. The summed E-state index contributed by atoms with van der Waals surface area (Å²) in [6, 6.07) is 11.4. The predicted molar refractivity (Wildman–Crippen MR) is 114 cm³/mol. The highest BCUT2D eigenvalue weighted by Crippen LogP contribution is 2.24. The number of aryl methyl sites for hydroxylation is 1. The maximum Gasteiger partial charge on any atom is 0.410 e. The van der Waals surface area contributed by atoms with Crippen molar-refractivity contribution in [2.45, 2.75) is 46.3 Å². The van der Waals surface area contributed by atoms with Crippen molar-refractivity contribution in [2.24, 2.45) is 0 Å². The minimum absolute atomic E-state index is 0.168. The first-order valence-electron chi connectivity index (χ1n) is 9.29. The maximum absolute atomic E-state index is 12.7. The molecule has 0 saturated heterocycles. The van der Waals surface area contributed by atoms with E-state index in [-0.39, 0.29) is 12.0 Å². The molecular formula is C22H25BrN2O3. The molecule has 0 bridgehead atoms. The number of nitrogens with one attached hydrogen (secondary N) is 1. The zero-order valence-corrected chi connectivity index (χ0v) is 18.2. The van der Waals surface area contributed by atoms with Gasteiger partial charge < -0.3 is 15.0 Å². The Bertz CT molecular complexity index is 918. The first kappa shape index (κ1) is 20.4. The van der Waals surface area contributed by atoms with Gasteiger partial charge in [0.1, 0.15) is 5.60 Å². The standard InChI is InChI=1S/C22H25BrN2O3/c1-14-11-18(7-8-19(14)23)24-20(26)16-6-5-15-9-10-25(13-17(15)12-16)21(27)28-22(2,3)4/h5-8,11-12H,9-10,13H2,1-4H3,(H,24,26). The van der Waals surface area contributed by atoms with Crippen LogP contribution in [0.4, 0.5) is 10.5 Å². The largest absolute Gasteiger partial charge is 0.444 e. The minimum atomic E-state index is -0.526. The number of benzene rings is 2. The summed E-state index contributed by atoms with van der Waals surface area (Å²) in [4.78, 5) is 26.7. The normalized spacial score (nSPS) is 13.7. The van der Waals surface area contributed by atoms with E-state index in [1.807, 2.05) is 64.1 Å². The van der Waals surface area contributed by atoms with Crippen LogP contribution in [-0.4, -0.2) is 29.0 Å². The zero-order chi connectivity index (χ0) is 20.5. The molecule has 6 heteroatoms. The fourth-order valence-corrected chi connectivity index (χ4v) is 3.35. The number of amides is 2. The molecule has 2 amide bonds. The van der Waals surface area contributed by atoms with Crippen LogP contribution in [0.1, 0.15) is 47.8 Å². The number of carbonyl (C=O) groups excluding carboxylic acids is 2. The van der Waals surface area contributed by atoms with Crippen molar-refractivity contribution in [3.05, 3.63) is 63.1 Å². The van der Waals surface area contributed by atoms with Gasteiger partial charge in [0, 0.05) is 28.8 Å². The van der Waals surface area contributed by atoms with E-state index < -0.39 is 5.60 Å². The van der Waals surface area contributed by atoms with Crippen LogP contribution in [0.25, 0.3) is 0 Å². The van der Waals surface area contributed by atoms with E-state index in [0.717, 1.165) is 33.3 Å². The Hall–Kier alpha value is -2.34. The Kier molecular flexibility index (Phi) is 5.79. The van der Waals surface area contributed by atoms with E-state index in [0.29, 0.717) is 18.7 Å². The predicted octanol–water partition coefficient (Wildman–Crippen LogP) is 5.30. The Morgan fingerprint density at radius 1 is 1.11 bits per heavy atom. The van der Waals surface area contributed by atoms with E-state index >= 15 is 0 Å². The molecular weight excluding hydrogens is 420 g/mol. The van der Waals surface area contributed by atoms with Gasteiger partial charge in [0.2, 0.25) is 0 Å². The number of nitrogens with zero attached hydrogens (tertiary/aromatic N) is 1. The van der Waals surface area contributed by atoms with E-state index in [1.165, 1.54) is 0 Å². The molecule has 148 valence electrons. The number of rotatable bonds is 2. The SMILES string of the molecule is Cc1cc(NC(=O)c2ccc3c(c2)CN(C(=O)OC(C)(C)C)CC3)ccc1Br. The smallest absolute Gasteiger partial charge is 0.410 e. The van der Waals surface area contributed by atoms with Gasteiger partial charge in [-0.25, -0.2) is 4.79 Å². The lowest BCUT2D eigenvalue weighted by molar-refractivity contribution is 0.0224. The van der Waals surface area contributed by atoms with Crippen molar-refractivity contribution in [1.29, 1.82) is 0 Å². The molecule has 1 heterocycles. The number of hydrogen-bond donors (Lipinski definition) is 1. The Balaban J connectivity index is 1.74. The second-order valence-corrected chi connectivity index (χ2v) is 8.91. The third kappa shape index (κ3) is 4.93. The van der Waals surface area contributed by atoms with Crippen LogP contribution >= 0.6 is 15.9 Å². The van der Waals surface area contributed by atoms with Gasteiger partial charge in [0.25, 0.3) is 5.91 Å². The van der Waals surface area contributed by atoms with Crippen molar-refractivity contribution in [2.75, 3.05) is 11.9 Å². The van der Waals surface area contributed by atoms with Gasteiger partial charge >= 0.3 is 6.09 Å². The lowest BCUT2D eigenvalue weighted by Crippen LogP contribution is -2.40. The number of carbonyl (C=O) groups is 2. The molecule has 0 unspecified atom stereocenters. The summed E-state index contributed by atoms with van der Waals surface area (Å²) >= 11 is 3.46. The molecule has 0 aliphatic carbocycles. The maximum atomic E-state index is 12.7. The van der Waals surface area contributed by atoms with Gasteiger partial charge in [0.15, 0.2) is 0 Å². The monoisotopic (exact) mass is 444 g/mol. The van der Waals surface area contributed by atoms with Crippen molar-refractivity contribution >= 4 is 33.6 Å². The van der Waals surface area contributed by atoms with Gasteiger partial charge in [-0.05, 0) is 81.1 Å². The highest BCUT2D eigenvalue weighted by Gasteiger charge is 2.26. The number of anilines is 1. The van der Waals surface area contributed by atoms with Crippen LogP contribution in [0.2, 0.25) is 0 Å². The molecule has 0 fully saturated rings. The van der Waals surface area contributed by atoms with Crippen molar-refractivity contribution in [3.8, 4) is 0 Å². The molecule has 1 aliphatic rings. The third-order valence-electron chi connectivity index (χ3n) is 4.55. The molecule has 28 heavy (non-hydrogen) atoms. The molecule has 1 N–H and O–H groups in total. The summed E-state index contributed by atoms with van der Waals surface area (Å²) in [6.07, 6.45) is 0.431. The molecule has 2 aromatic rings. The van der Waals surface area contributed by atoms with Crippen LogP contribution in [0.15, 0.2) is 40.9 Å². The lowest BCUT2D eigenvalue weighted by Gasteiger charge is -2.31. The highest BCUT2D eigenvalue weighted by molar-refractivity contribution is 9.10. The first-order chi connectivity index (χ1) is 13.1. The summed E-state index contributed by atoms with van der Waals surface area (Å²) in [5.74, 6) is -0.168. The molecule has 0 atom stereocenters. The average molecular weight is 445 g/mol. The molecule has 5 nitrogen and oxygen atoms in total. The third-order valence-corrected chi connectivity index (χ3v) is 5.44. The van der Waals surface area contributed by atoms with Gasteiger partial charge in [-0.2, -0.15) is 0 Å². The number of fused-ring (bicyclic) bond motifs is 1. The molecule has 0 aromatic heterocycles. The Morgan fingerprint density at radius 2 is 1.86 bits per heavy atom. The Labute approximate surface area is 174 Å². The highest BCUT2D eigenvalue weighted by atomic mass is 79.9. The van der Waals surface area contributed by atoms with E-state index in [1.54, 1.807) is 4.90 Å². The fourth-order valence-electron chi connectivity index (χ4n) is 3.11. The van der Waals surface area contributed by atoms with Crippen molar-refractivity contribution in [1.82, 2.24) is 4.90 Å². The van der Waals surface area contributed by atoms with Gasteiger partial charge in [-0.15, -0.1) is 0 Å².